The standard InChI is InChI=1S/C15H19BrN4O2S2/c1-9-7-11(14(21)22-3)13(24-9)18-15(23)17-5-4-6-20-8-12(16)10(2)19-20/h7-8H,4-6H2,1-3H3,(H2,17,18,23). The monoisotopic (exact) mass is 430 g/mol. The van der Waals surface area contributed by atoms with Crippen molar-refractivity contribution in [1.82, 2.24) is 15.1 Å². The van der Waals surface area contributed by atoms with Gasteiger partial charge in [0.15, 0.2) is 5.11 Å². The van der Waals surface area contributed by atoms with Crippen molar-refractivity contribution in [1.29, 1.82) is 0 Å². The molecule has 0 bridgehead atoms. The van der Waals surface area contributed by atoms with E-state index < -0.39 is 0 Å². The lowest BCUT2D eigenvalue weighted by molar-refractivity contribution is 0.0602. The van der Waals surface area contributed by atoms with Gasteiger partial charge in [0.25, 0.3) is 0 Å². The minimum atomic E-state index is -0.371. The van der Waals surface area contributed by atoms with Crippen LogP contribution in [-0.2, 0) is 11.3 Å². The van der Waals surface area contributed by atoms with Gasteiger partial charge >= 0.3 is 5.97 Å². The van der Waals surface area contributed by atoms with Crippen LogP contribution in [0.4, 0.5) is 5.00 Å². The number of carbonyl (C=O) groups excluding carboxylic acids is 1. The van der Waals surface area contributed by atoms with E-state index in [1.807, 2.05) is 24.7 Å². The van der Waals surface area contributed by atoms with Gasteiger partial charge < -0.3 is 15.4 Å². The molecule has 2 heterocycles. The number of thiocarbonyl (C=S) groups is 1. The molecule has 0 spiro atoms. The number of methoxy groups -OCH3 is 1. The van der Waals surface area contributed by atoms with Crippen LogP contribution in [-0.4, -0.2) is 34.5 Å². The van der Waals surface area contributed by atoms with E-state index in [2.05, 4.69) is 31.7 Å². The van der Waals surface area contributed by atoms with Crippen molar-refractivity contribution < 1.29 is 9.53 Å². The second-order valence-corrected chi connectivity index (χ2v) is 7.67. The molecule has 2 aromatic rings. The molecule has 0 unspecified atom stereocenters. The van der Waals surface area contributed by atoms with Gasteiger partial charge in [-0.15, -0.1) is 11.3 Å². The lowest BCUT2D eigenvalue weighted by Gasteiger charge is -2.10. The first-order valence-electron chi connectivity index (χ1n) is 7.34. The van der Waals surface area contributed by atoms with Crippen LogP contribution in [0.2, 0.25) is 0 Å². The van der Waals surface area contributed by atoms with Crippen LogP contribution >= 0.6 is 39.5 Å². The number of hydrogen-bond acceptors (Lipinski definition) is 5. The number of rotatable bonds is 6. The number of hydrogen-bond donors (Lipinski definition) is 2. The lowest BCUT2D eigenvalue weighted by atomic mass is 10.3. The first kappa shape index (κ1) is 18.9. The molecular weight excluding hydrogens is 412 g/mol. The second kappa shape index (κ2) is 8.59. The molecule has 9 heteroatoms. The van der Waals surface area contributed by atoms with Crippen LogP contribution in [0.3, 0.4) is 0 Å². The van der Waals surface area contributed by atoms with Gasteiger partial charge in [0.2, 0.25) is 0 Å². The number of aryl methyl sites for hydroxylation is 3. The summed E-state index contributed by atoms with van der Waals surface area (Å²) in [5, 5.41) is 11.8. The maximum Gasteiger partial charge on any atom is 0.340 e. The predicted octanol–water partition coefficient (Wildman–Crippen LogP) is 3.49. The van der Waals surface area contributed by atoms with Crippen molar-refractivity contribution in [3.63, 3.8) is 0 Å². The summed E-state index contributed by atoms with van der Waals surface area (Å²) < 4.78 is 7.69. The summed E-state index contributed by atoms with van der Waals surface area (Å²) >= 11 is 10.2. The predicted molar refractivity (Wildman–Crippen MR) is 104 cm³/mol. The number of carbonyl (C=O) groups is 1. The van der Waals surface area contributed by atoms with Crippen molar-refractivity contribution >= 4 is 55.6 Å². The molecule has 24 heavy (non-hydrogen) atoms. The van der Waals surface area contributed by atoms with E-state index in [-0.39, 0.29) is 5.97 Å². The van der Waals surface area contributed by atoms with Crippen LogP contribution < -0.4 is 10.6 Å². The van der Waals surface area contributed by atoms with Crippen LogP contribution in [0.5, 0.6) is 0 Å². The van der Waals surface area contributed by atoms with Gasteiger partial charge in [-0.05, 0) is 54.5 Å². The van der Waals surface area contributed by atoms with E-state index >= 15 is 0 Å². The fraction of sp³-hybridized carbons (Fsp3) is 0.400. The second-order valence-electron chi connectivity index (χ2n) is 5.15. The maximum atomic E-state index is 11.7. The Morgan fingerprint density at radius 2 is 2.25 bits per heavy atom. The van der Waals surface area contributed by atoms with Crippen molar-refractivity contribution in [3.8, 4) is 0 Å². The van der Waals surface area contributed by atoms with Gasteiger partial charge in [-0.1, -0.05) is 0 Å². The summed E-state index contributed by atoms with van der Waals surface area (Å²) in [7, 11) is 1.37. The summed E-state index contributed by atoms with van der Waals surface area (Å²) in [6.45, 7) is 5.40. The quantitative estimate of drug-likeness (QED) is 0.415. The van der Waals surface area contributed by atoms with Gasteiger partial charge in [0, 0.05) is 24.2 Å². The molecule has 2 rings (SSSR count). The van der Waals surface area contributed by atoms with Crippen molar-refractivity contribution in [3.05, 3.63) is 32.9 Å². The van der Waals surface area contributed by atoms with E-state index in [1.54, 1.807) is 6.07 Å². The topological polar surface area (TPSA) is 68.2 Å². The summed E-state index contributed by atoms with van der Waals surface area (Å²) in [6.07, 6.45) is 2.84. The molecular formula is C15H19BrN4O2S2. The number of esters is 1. The molecule has 0 saturated carbocycles. The number of nitrogens with zero attached hydrogens (tertiary/aromatic N) is 2. The minimum absolute atomic E-state index is 0.371. The molecule has 0 aliphatic carbocycles. The molecule has 0 amide bonds. The average Bonchev–Trinajstić information content (AvgIpc) is 3.05. The Kier molecular flexibility index (Phi) is 6.76. The van der Waals surface area contributed by atoms with Crippen molar-refractivity contribution in [2.75, 3.05) is 19.0 Å². The summed E-state index contributed by atoms with van der Waals surface area (Å²) in [5.74, 6) is -0.371. The van der Waals surface area contributed by atoms with Gasteiger partial charge in [-0.2, -0.15) is 5.10 Å². The van der Waals surface area contributed by atoms with Gasteiger partial charge in [0.1, 0.15) is 5.00 Å². The summed E-state index contributed by atoms with van der Waals surface area (Å²) in [6, 6.07) is 1.79. The van der Waals surface area contributed by atoms with Gasteiger partial charge in [-0.25, -0.2) is 4.79 Å². The summed E-state index contributed by atoms with van der Waals surface area (Å²) in [5.41, 5.74) is 1.48. The molecule has 2 aromatic heterocycles. The largest absolute Gasteiger partial charge is 0.465 e. The fourth-order valence-corrected chi connectivity index (χ4v) is 3.56. The molecule has 2 N–H and O–H groups in total. The number of thiophene rings is 1. The zero-order valence-electron chi connectivity index (χ0n) is 13.7. The minimum Gasteiger partial charge on any atom is -0.465 e. The van der Waals surface area contributed by atoms with Gasteiger partial charge in [-0.3, -0.25) is 4.68 Å². The molecule has 0 radical (unpaired) electrons. The molecule has 0 aliphatic heterocycles. The summed E-state index contributed by atoms with van der Waals surface area (Å²) in [4.78, 5) is 12.8. The average molecular weight is 431 g/mol. The third-order valence-electron chi connectivity index (χ3n) is 3.22. The Morgan fingerprint density at radius 1 is 1.50 bits per heavy atom. The number of nitrogens with one attached hydrogen (secondary N) is 2. The van der Waals surface area contributed by atoms with E-state index in [4.69, 9.17) is 17.0 Å². The highest BCUT2D eigenvalue weighted by Gasteiger charge is 2.16. The maximum absolute atomic E-state index is 11.7. The molecule has 6 nitrogen and oxygen atoms in total. The molecule has 0 fully saturated rings. The van der Waals surface area contributed by atoms with E-state index in [0.717, 1.165) is 28.0 Å². The molecule has 0 aliphatic rings. The first-order chi connectivity index (χ1) is 11.4. The fourth-order valence-electron chi connectivity index (χ4n) is 2.07. The Balaban J connectivity index is 1.80. The van der Waals surface area contributed by atoms with Crippen molar-refractivity contribution in [2.45, 2.75) is 26.8 Å². The SMILES string of the molecule is COC(=O)c1cc(C)sc1NC(=S)NCCCn1cc(Br)c(C)n1. The number of ether oxygens (including phenoxy) is 1. The highest BCUT2D eigenvalue weighted by molar-refractivity contribution is 9.10. The molecule has 130 valence electrons. The smallest absolute Gasteiger partial charge is 0.340 e. The third kappa shape index (κ3) is 5.02. The molecule has 0 atom stereocenters. The van der Waals surface area contributed by atoms with E-state index in [1.165, 1.54) is 18.4 Å². The highest BCUT2D eigenvalue weighted by Crippen LogP contribution is 2.28. The Labute approximate surface area is 158 Å². The number of aromatic nitrogens is 2. The van der Waals surface area contributed by atoms with E-state index in [0.29, 0.717) is 22.2 Å². The van der Waals surface area contributed by atoms with Crippen LogP contribution in [0.25, 0.3) is 0 Å². The third-order valence-corrected chi connectivity index (χ3v) is 5.21. The Hall–Kier alpha value is -1.45. The normalized spacial score (nSPS) is 10.5. The highest BCUT2D eigenvalue weighted by atomic mass is 79.9. The van der Waals surface area contributed by atoms with Crippen LogP contribution in [0.1, 0.15) is 27.3 Å². The number of halogens is 1. The molecule has 0 saturated heterocycles. The first-order valence-corrected chi connectivity index (χ1v) is 9.35. The number of anilines is 1. The van der Waals surface area contributed by atoms with Crippen LogP contribution in [0.15, 0.2) is 16.7 Å². The Morgan fingerprint density at radius 3 is 2.88 bits per heavy atom. The molecule has 0 aromatic carbocycles. The zero-order chi connectivity index (χ0) is 17.7. The van der Waals surface area contributed by atoms with Crippen molar-refractivity contribution in [2.24, 2.45) is 0 Å². The van der Waals surface area contributed by atoms with E-state index in [9.17, 15) is 4.79 Å². The van der Waals surface area contributed by atoms with Crippen LogP contribution in [0, 0.1) is 13.8 Å². The zero-order valence-corrected chi connectivity index (χ0v) is 16.9. The lowest BCUT2D eigenvalue weighted by Crippen LogP contribution is -2.30. The Bertz CT molecular complexity index is 722. The van der Waals surface area contributed by atoms with Gasteiger partial charge in [0.05, 0.1) is 22.8 Å².